The van der Waals surface area contributed by atoms with Gasteiger partial charge in [-0.15, -0.1) is 16.8 Å². The van der Waals surface area contributed by atoms with Crippen LogP contribution in [0.15, 0.2) is 42.1 Å². The van der Waals surface area contributed by atoms with Gasteiger partial charge in [-0.25, -0.2) is 0 Å². The van der Waals surface area contributed by atoms with Gasteiger partial charge in [-0.1, -0.05) is 42.1 Å². The minimum Gasteiger partial charge on any atom is -0.356 e. The highest BCUT2D eigenvalue weighted by atomic mass is 32.2. The standard InChI is InChI=1S/C19H24N4O2S/c1-5-12-23-14(3)21-22-19(23)26-13(2)18(25)17-8-6-16(7-9-17)10-11-20-15(4)24/h5-9,13H,1,10-12H2,2-4H3,(H,20,24). The first-order valence-electron chi connectivity index (χ1n) is 8.47. The molecule has 26 heavy (non-hydrogen) atoms. The Kier molecular flexibility index (Phi) is 7.15. The van der Waals surface area contributed by atoms with Crippen molar-refractivity contribution in [1.29, 1.82) is 0 Å². The molecular weight excluding hydrogens is 348 g/mol. The molecular formula is C19H24N4O2S. The maximum Gasteiger partial charge on any atom is 0.216 e. The van der Waals surface area contributed by atoms with E-state index >= 15 is 0 Å². The molecule has 2 aromatic rings. The van der Waals surface area contributed by atoms with E-state index in [2.05, 4.69) is 22.1 Å². The number of carbonyl (C=O) groups is 2. The van der Waals surface area contributed by atoms with Crippen molar-refractivity contribution in [2.75, 3.05) is 6.54 Å². The number of aromatic nitrogens is 3. The monoisotopic (exact) mass is 372 g/mol. The summed E-state index contributed by atoms with van der Waals surface area (Å²) in [4.78, 5) is 23.6. The Morgan fingerprint density at radius 1 is 1.31 bits per heavy atom. The summed E-state index contributed by atoms with van der Waals surface area (Å²) >= 11 is 1.40. The first kappa shape index (κ1) is 19.9. The number of hydrogen-bond acceptors (Lipinski definition) is 5. The van der Waals surface area contributed by atoms with Crippen LogP contribution in [0.25, 0.3) is 0 Å². The zero-order chi connectivity index (χ0) is 19.1. The third-order valence-corrected chi connectivity index (χ3v) is 4.97. The second kappa shape index (κ2) is 9.33. The van der Waals surface area contributed by atoms with Gasteiger partial charge in [0.1, 0.15) is 5.82 Å². The summed E-state index contributed by atoms with van der Waals surface area (Å²) in [6.07, 6.45) is 2.52. The molecule has 138 valence electrons. The molecule has 0 saturated carbocycles. The lowest BCUT2D eigenvalue weighted by molar-refractivity contribution is -0.118. The van der Waals surface area contributed by atoms with E-state index in [0.29, 0.717) is 18.7 Å². The highest BCUT2D eigenvalue weighted by Crippen LogP contribution is 2.25. The van der Waals surface area contributed by atoms with Crippen LogP contribution in [-0.4, -0.2) is 38.2 Å². The lowest BCUT2D eigenvalue weighted by Crippen LogP contribution is -2.22. The predicted molar refractivity (Wildman–Crippen MR) is 103 cm³/mol. The Balaban J connectivity index is 1.99. The number of carbonyl (C=O) groups excluding carboxylic acids is 2. The summed E-state index contributed by atoms with van der Waals surface area (Å²) in [5.41, 5.74) is 1.75. The van der Waals surface area contributed by atoms with E-state index in [1.54, 1.807) is 6.08 Å². The van der Waals surface area contributed by atoms with Crippen molar-refractivity contribution in [3.8, 4) is 0 Å². The highest BCUT2D eigenvalue weighted by Gasteiger charge is 2.20. The lowest BCUT2D eigenvalue weighted by Gasteiger charge is -2.11. The number of aryl methyl sites for hydroxylation is 1. The van der Waals surface area contributed by atoms with Gasteiger partial charge in [-0.2, -0.15) is 0 Å². The number of allylic oxidation sites excluding steroid dienone is 1. The molecule has 0 fully saturated rings. The molecule has 1 amide bonds. The number of ketones is 1. The van der Waals surface area contributed by atoms with Crippen molar-refractivity contribution in [2.45, 2.75) is 44.1 Å². The first-order valence-corrected chi connectivity index (χ1v) is 9.35. The van der Waals surface area contributed by atoms with Gasteiger partial charge in [-0.05, 0) is 25.8 Å². The number of hydrogen-bond donors (Lipinski definition) is 1. The molecule has 0 aliphatic rings. The van der Waals surface area contributed by atoms with Crippen LogP contribution in [0, 0.1) is 6.92 Å². The van der Waals surface area contributed by atoms with Crippen molar-refractivity contribution in [3.63, 3.8) is 0 Å². The molecule has 2 rings (SSSR count). The molecule has 0 spiro atoms. The number of nitrogens with one attached hydrogen (secondary N) is 1. The molecule has 0 bridgehead atoms. The second-order valence-corrected chi connectivity index (χ2v) is 7.29. The number of benzene rings is 1. The fourth-order valence-electron chi connectivity index (χ4n) is 2.45. The van der Waals surface area contributed by atoms with Gasteiger partial charge in [0.25, 0.3) is 0 Å². The molecule has 0 aliphatic heterocycles. The van der Waals surface area contributed by atoms with Crippen LogP contribution in [0.4, 0.5) is 0 Å². The number of amides is 1. The Bertz CT molecular complexity index is 783. The maximum atomic E-state index is 12.7. The average Bonchev–Trinajstić information content (AvgIpc) is 2.95. The minimum absolute atomic E-state index is 0.0396. The normalized spacial score (nSPS) is 11.8. The van der Waals surface area contributed by atoms with Crippen molar-refractivity contribution >= 4 is 23.5 Å². The zero-order valence-corrected chi connectivity index (χ0v) is 16.2. The molecule has 0 aliphatic carbocycles. The summed E-state index contributed by atoms with van der Waals surface area (Å²) in [6.45, 7) is 10.2. The summed E-state index contributed by atoms with van der Waals surface area (Å²) in [7, 11) is 0. The average molecular weight is 372 g/mol. The van der Waals surface area contributed by atoms with Crippen LogP contribution in [-0.2, 0) is 17.8 Å². The van der Waals surface area contributed by atoms with Gasteiger partial charge in [-0.3, -0.25) is 9.59 Å². The van der Waals surface area contributed by atoms with Crippen LogP contribution in [0.3, 0.4) is 0 Å². The molecule has 1 N–H and O–H groups in total. The van der Waals surface area contributed by atoms with Crippen molar-refractivity contribution in [1.82, 2.24) is 20.1 Å². The summed E-state index contributed by atoms with van der Waals surface area (Å²) < 4.78 is 1.94. The Hall–Kier alpha value is -2.41. The molecule has 6 nitrogen and oxygen atoms in total. The van der Waals surface area contributed by atoms with Crippen LogP contribution < -0.4 is 5.32 Å². The number of rotatable bonds is 9. The van der Waals surface area contributed by atoms with Gasteiger partial charge in [0, 0.05) is 25.6 Å². The van der Waals surface area contributed by atoms with Crippen molar-refractivity contribution in [3.05, 3.63) is 53.9 Å². The van der Waals surface area contributed by atoms with Gasteiger partial charge in [0.2, 0.25) is 5.91 Å². The minimum atomic E-state index is -0.271. The summed E-state index contributed by atoms with van der Waals surface area (Å²) in [6, 6.07) is 7.53. The van der Waals surface area contributed by atoms with Gasteiger partial charge >= 0.3 is 0 Å². The van der Waals surface area contributed by atoms with Crippen LogP contribution in [0.2, 0.25) is 0 Å². The smallest absolute Gasteiger partial charge is 0.216 e. The molecule has 0 radical (unpaired) electrons. The van der Waals surface area contributed by atoms with Gasteiger partial charge < -0.3 is 9.88 Å². The summed E-state index contributed by atoms with van der Waals surface area (Å²) in [5, 5.41) is 11.4. The van der Waals surface area contributed by atoms with E-state index in [0.717, 1.165) is 23.0 Å². The zero-order valence-electron chi connectivity index (χ0n) is 15.4. The van der Waals surface area contributed by atoms with E-state index in [9.17, 15) is 9.59 Å². The van der Waals surface area contributed by atoms with Crippen LogP contribution >= 0.6 is 11.8 Å². The fourth-order valence-corrected chi connectivity index (χ4v) is 3.43. The van der Waals surface area contributed by atoms with Crippen molar-refractivity contribution in [2.24, 2.45) is 0 Å². The van der Waals surface area contributed by atoms with Gasteiger partial charge in [0.05, 0.1) is 5.25 Å². The SMILES string of the molecule is C=CCn1c(C)nnc1SC(C)C(=O)c1ccc(CCNC(C)=O)cc1. The number of Topliss-reactive ketones (excluding diaryl/α,β-unsaturated/α-hetero) is 1. The topological polar surface area (TPSA) is 76.9 Å². The van der Waals surface area contributed by atoms with Crippen LogP contribution in [0.1, 0.15) is 35.6 Å². The number of nitrogens with zero attached hydrogens (tertiary/aromatic N) is 3. The molecule has 1 aromatic carbocycles. The van der Waals surface area contributed by atoms with E-state index in [-0.39, 0.29) is 16.9 Å². The Morgan fingerprint density at radius 3 is 2.62 bits per heavy atom. The third kappa shape index (κ3) is 5.29. The molecule has 1 aromatic heterocycles. The van der Waals surface area contributed by atoms with E-state index < -0.39 is 0 Å². The second-order valence-electron chi connectivity index (χ2n) is 5.98. The van der Waals surface area contributed by atoms with Crippen molar-refractivity contribution < 1.29 is 9.59 Å². The molecule has 1 unspecified atom stereocenters. The van der Waals surface area contributed by atoms with E-state index in [1.165, 1.54) is 18.7 Å². The molecule has 1 heterocycles. The Morgan fingerprint density at radius 2 is 2.00 bits per heavy atom. The number of thioether (sulfide) groups is 1. The predicted octanol–water partition coefficient (Wildman–Crippen LogP) is 2.81. The maximum absolute atomic E-state index is 12.7. The lowest BCUT2D eigenvalue weighted by atomic mass is 10.0. The van der Waals surface area contributed by atoms with Gasteiger partial charge in [0.15, 0.2) is 10.9 Å². The largest absolute Gasteiger partial charge is 0.356 e. The Labute approximate surface area is 158 Å². The third-order valence-electron chi connectivity index (χ3n) is 3.89. The van der Waals surface area contributed by atoms with E-state index in [1.807, 2.05) is 42.7 Å². The first-order chi connectivity index (χ1) is 12.4. The molecule has 1 atom stereocenters. The quantitative estimate of drug-likeness (QED) is 0.416. The fraction of sp³-hybridized carbons (Fsp3) is 0.368. The van der Waals surface area contributed by atoms with E-state index in [4.69, 9.17) is 0 Å². The molecule has 0 saturated heterocycles. The van der Waals surface area contributed by atoms with Crippen LogP contribution in [0.5, 0.6) is 0 Å². The molecule has 7 heteroatoms. The summed E-state index contributed by atoms with van der Waals surface area (Å²) in [5.74, 6) is 0.812. The highest BCUT2D eigenvalue weighted by molar-refractivity contribution is 8.00.